The normalized spacial score (nSPS) is 10.9. The van der Waals surface area contributed by atoms with Gasteiger partial charge in [0.25, 0.3) is 0 Å². The van der Waals surface area contributed by atoms with E-state index in [-0.39, 0.29) is 16.9 Å². The topological polar surface area (TPSA) is 26.3 Å². The van der Waals surface area contributed by atoms with Crippen molar-refractivity contribution in [3.8, 4) is 5.75 Å². The molecule has 25 heavy (non-hydrogen) atoms. The van der Waals surface area contributed by atoms with Crippen LogP contribution in [0.4, 0.5) is 0 Å². The van der Waals surface area contributed by atoms with Crippen molar-refractivity contribution in [2.24, 2.45) is 0 Å². The Morgan fingerprint density at radius 1 is 0.720 bits per heavy atom. The van der Waals surface area contributed by atoms with Gasteiger partial charge in [-0.15, -0.1) is 0 Å². The largest absolute Gasteiger partial charge is 0.425 e. The third-order valence-corrected chi connectivity index (χ3v) is 6.39. The van der Waals surface area contributed by atoms with Gasteiger partial charge in [0.1, 0.15) is 5.75 Å². The minimum absolute atomic E-state index is 0.203. The van der Waals surface area contributed by atoms with Gasteiger partial charge in [0.15, 0.2) is 18.4 Å². The Labute approximate surface area is 166 Å². The molecular weight excluding hydrogens is 464 g/mol. The Hall–Kier alpha value is -1.56. The van der Waals surface area contributed by atoms with Crippen LogP contribution in [0.2, 0.25) is 0 Å². The second-order valence-electron chi connectivity index (χ2n) is 5.13. The standard InChI is InChI=1S/C20H15Br2O2S/c21-19(22)20(23)24-15-11-13-18(14-12-15)25(16-7-3-1-4-8-16)17-9-5-2-6-10-17/h1-14,19H/q+1. The molecule has 0 amide bonds. The average Bonchev–Trinajstić information content (AvgIpc) is 2.65. The Balaban J connectivity index is 1.93. The first-order chi connectivity index (χ1) is 12.1. The Morgan fingerprint density at radius 3 is 1.60 bits per heavy atom. The van der Waals surface area contributed by atoms with Crippen molar-refractivity contribution in [1.29, 1.82) is 0 Å². The van der Waals surface area contributed by atoms with Crippen LogP contribution in [-0.4, -0.2) is 9.71 Å². The zero-order valence-corrected chi connectivity index (χ0v) is 17.1. The highest BCUT2D eigenvalue weighted by molar-refractivity contribution is 9.25. The number of carbonyl (C=O) groups excluding carboxylic acids is 1. The summed E-state index contributed by atoms with van der Waals surface area (Å²) in [6.07, 6.45) is 0. The van der Waals surface area contributed by atoms with Crippen molar-refractivity contribution in [2.45, 2.75) is 18.4 Å². The maximum atomic E-state index is 11.7. The number of benzene rings is 3. The van der Waals surface area contributed by atoms with Gasteiger partial charge < -0.3 is 4.74 Å². The van der Waals surface area contributed by atoms with E-state index in [0.717, 1.165) is 0 Å². The van der Waals surface area contributed by atoms with E-state index < -0.39 is 3.74 Å². The van der Waals surface area contributed by atoms with Crippen LogP contribution in [0.25, 0.3) is 0 Å². The van der Waals surface area contributed by atoms with Gasteiger partial charge >= 0.3 is 5.97 Å². The van der Waals surface area contributed by atoms with E-state index in [1.807, 2.05) is 36.4 Å². The molecule has 0 radical (unpaired) electrons. The third-order valence-electron chi connectivity index (χ3n) is 3.41. The van der Waals surface area contributed by atoms with E-state index in [4.69, 9.17) is 4.74 Å². The second-order valence-corrected chi connectivity index (χ2v) is 10.2. The van der Waals surface area contributed by atoms with Crippen LogP contribution in [0.3, 0.4) is 0 Å². The first kappa shape index (κ1) is 18.2. The minimum atomic E-state index is -0.511. The summed E-state index contributed by atoms with van der Waals surface area (Å²) in [4.78, 5) is 15.3. The SMILES string of the molecule is O=C(Oc1ccc([S+](c2ccccc2)c2ccccc2)cc1)C(Br)Br. The van der Waals surface area contributed by atoms with Crippen molar-refractivity contribution < 1.29 is 9.53 Å². The molecule has 0 aromatic heterocycles. The first-order valence-electron chi connectivity index (χ1n) is 7.59. The highest BCUT2D eigenvalue weighted by Gasteiger charge is 2.28. The van der Waals surface area contributed by atoms with E-state index in [1.165, 1.54) is 14.7 Å². The molecule has 0 saturated heterocycles. The molecule has 0 aliphatic rings. The lowest BCUT2D eigenvalue weighted by Gasteiger charge is -2.09. The predicted molar refractivity (Wildman–Crippen MR) is 109 cm³/mol. The molecule has 0 aliphatic heterocycles. The van der Waals surface area contributed by atoms with Crippen LogP contribution in [0.5, 0.6) is 5.75 Å². The molecule has 2 nitrogen and oxygen atoms in total. The van der Waals surface area contributed by atoms with Crippen LogP contribution in [-0.2, 0) is 15.7 Å². The molecule has 0 aliphatic carbocycles. The molecule has 3 aromatic rings. The van der Waals surface area contributed by atoms with Crippen molar-refractivity contribution in [3.63, 3.8) is 0 Å². The second kappa shape index (κ2) is 8.70. The Kier molecular flexibility index (Phi) is 6.34. The molecule has 126 valence electrons. The Morgan fingerprint density at radius 2 is 1.16 bits per heavy atom. The molecule has 0 fully saturated rings. The van der Waals surface area contributed by atoms with Crippen LogP contribution < -0.4 is 4.74 Å². The number of alkyl halides is 2. The van der Waals surface area contributed by atoms with Crippen LogP contribution >= 0.6 is 31.9 Å². The monoisotopic (exact) mass is 477 g/mol. The summed E-state index contributed by atoms with van der Waals surface area (Å²) in [7, 11) is -0.203. The van der Waals surface area contributed by atoms with Crippen molar-refractivity contribution in [1.82, 2.24) is 0 Å². The lowest BCUT2D eigenvalue weighted by atomic mass is 10.3. The Bertz CT molecular complexity index is 782. The molecule has 0 spiro atoms. The lowest BCUT2D eigenvalue weighted by Crippen LogP contribution is -2.14. The molecule has 3 aromatic carbocycles. The maximum Gasteiger partial charge on any atom is 0.336 e. The fraction of sp³-hybridized carbons (Fsp3) is 0.0500. The number of ether oxygens (including phenoxy) is 1. The number of hydrogen-bond donors (Lipinski definition) is 0. The number of carbonyl (C=O) groups is 1. The number of esters is 1. The summed E-state index contributed by atoms with van der Waals surface area (Å²) in [5, 5.41) is 0. The molecule has 3 rings (SSSR count). The smallest absolute Gasteiger partial charge is 0.336 e. The summed E-state index contributed by atoms with van der Waals surface area (Å²) in [6.45, 7) is 0. The zero-order valence-electron chi connectivity index (χ0n) is 13.1. The van der Waals surface area contributed by atoms with Gasteiger partial charge in [-0.1, -0.05) is 68.3 Å². The molecule has 5 heteroatoms. The van der Waals surface area contributed by atoms with E-state index >= 15 is 0 Å². The fourth-order valence-electron chi connectivity index (χ4n) is 2.33. The fourth-order valence-corrected chi connectivity index (χ4v) is 4.60. The molecule has 0 N–H and O–H groups in total. The highest BCUT2D eigenvalue weighted by Crippen LogP contribution is 2.32. The minimum Gasteiger partial charge on any atom is -0.425 e. The van der Waals surface area contributed by atoms with Gasteiger partial charge in [0.05, 0.1) is 10.9 Å². The van der Waals surface area contributed by atoms with Crippen LogP contribution in [0, 0.1) is 0 Å². The average molecular weight is 479 g/mol. The summed E-state index contributed by atoms with van der Waals surface area (Å²) in [5.41, 5.74) is 0. The summed E-state index contributed by atoms with van der Waals surface area (Å²) in [6, 6.07) is 28.5. The van der Waals surface area contributed by atoms with Crippen molar-refractivity contribution in [2.75, 3.05) is 0 Å². The van der Waals surface area contributed by atoms with E-state index in [0.29, 0.717) is 5.75 Å². The van der Waals surface area contributed by atoms with Gasteiger partial charge in [-0.3, -0.25) is 0 Å². The lowest BCUT2D eigenvalue weighted by molar-refractivity contribution is -0.131. The van der Waals surface area contributed by atoms with E-state index in [9.17, 15) is 4.79 Å². The molecular formula is C20H15Br2O2S+. The molecule has 0 saturated carbocycles. The van der Waals surface area contributed by atoms with Crippen molar-refractivity contribution >= 4 is 48.7 Å². The van der Waals surface area contributed by atoms with Crippen molar-refractivity contribution in [3.05, 3.63) is 84.9 Å². The quantitative estimate of drug-likeness (QED) is 0.200. The van der Waals surface area contributed by atoms with E-state index in [2.05, 4.69) is 80.4 Å². The van der Waals surface area contributed by atoms with Crippen LogP contribution in [0.1, 0.15) is 0 Å². The van der Waals surface area contributed by atoms with Crippen LogP contribution in [0.15, 0.2) is 99.6 Å². The third kappa shape index (κ3) is 4.75. The van der Waals surface area contributed by atoms with Gasteiger partial charge in [0.2, 0.25) is 0 Å². The summed E-state index contributed by atoms with van der Waals surface area (Å²) < 4.78 is 4.78. The maximum absolute atomic E-state index is 11.7. The molecule has 0 bridgehead atoms. The summed E-state index contributed by atoms with van der Waals surface area (Å²) in [5.74, 6) is 0.153. The number of rotatable bonds is 5. The first-order valence-corrected chi connectivity index (χ1v) is 10.6. The highest BCUT2D eigenvalue weighted by atomic mass is 79.9. The van der Waals surface area contributed by atoms with Gasteiger partial charge in [-0.2, -0.15) is 0 Å². The number of hydrogen-bond acceptors (Lipinski definition) is 2. The zero-order chi connectivity index (χ0) is 17.6. The molecule has 0 heterocycles. The summed E-state index contributed by atoms with van der Waals surface area (Å²) >= 11 is 6.28. The van der Waals surface area contributed by atoms with E-state index in [1.54, 1.807) is 0 Å². The van der Waals surface area contributed by atoms with Gasteiger partial charge in [0, 0.05) is 0 Å². The predicted octanol–water partition coefficient (Wildman–Crippen LogP) is 5.80. The molecule has 0 unspecified atom stereocenters. The van der Waals surface area contributed by atoms with Gasteiger partial charge in [-0.25, -0.2) is 4.79 Å². The molecule has 0 atom stereocenters. The number of halogens is 2. The van der Waals surface area contributed by atoms with Gasteiger partial charge in [-0.05, 0) is 48.5 Å².